The number of aryl methyl sites for hydroxylation is 1. The molecular weight excluding hydrogens is 406 g/mol. The molecule has 2 atom stereocenters. The Morgan fingerprint density at radius 1 is 1.17 bits per heavy atom. The summed E-state index contributed by atoms with van der Waals surface area (Å²) in [5.74, 6) is -0.747. The topological polar surface area (TPSA) is 105 Å². The maximum Gasteiger partial charge on any atom is 0.243 e. The zero-order chi connectivity index (χ0) is 21.7. The summed E-state index contributed by atoms with van der Waals surface area (Å²) in [6.45, 7) is 5.31. The third-order valence-electron chi connectivity index (χ3n) is 5.76. The average molecular weight is 438 g/mol. The number of rotatable bonds is 7. The highest BCUT2D eigenvalue weighted by molar-refractivity contribution is 7.89. The zero-order valence-electron chi connectivity index (χ0n) is 17.6. The summed E-state index contributed by atoms with van der Waals surface area (Å²) in [5.41, 5.74) is 0.998. The van der Waals surface area contributed by atoms with Crippen LogP contribution >= 0.6 is 0 Å². The second-order valence-corrected chi connectivity index (χ2v) is 10.0. The van der Waals surface area contributed by atoms with Gasteiger partial charge in [0.2, 0.25) is 21.8 Å². The van der Waals surface area contributed by atoms with E-state index in [-0.39, 0.29) is 41.8 Å². The number of hydrogen-bond donors (Lipinski definition) is 2. The molecule has 2 aliphatic rings. The maximum absolute atomic E-state index is 12.8. The second-order valence-electron chi connectivity index (χ2n) is 8.10. The van der Waals surface area contributed by atoms with Crippen LogP contribution in [0.1, 0.15) is 38.2 Å². The number of sulfonamides is 1. The van der Waals surface area contributed by atoms with E-state index in [1.165, 1.54) is 4.31 Å². The fourth-order valence-electron chi connectivity index (χ4n) is 3.79. The molecule has 0 aromatic heterocycles. The van der Waals surface area contributed by atoms with Gasteiger partial charge in [0.1, 0.15) is 6.04 Å². The number of carbonyl (C=O) groups is 2. The highest BCUT2D eigenvalue weighted by atomic mass is 32.2. The van der Waals surface area contributed by atoms with Crippen LogP contribution in [0.2, 0.25) is 0 Å². The molecule has 8 nitrogen and oxygen atoms in total. The van der Waals surface area contributed by atoms with E-state index in [1.807, 2.05) is 6.92 Å². The van der Waals surface area contributed by atoms with Crippen LogP contribution in [0.5, 0.6) is 0 Å². The molecule has 0 spiro atoms. The Morgan fingerprint density at radius 3 is 2.43 bits per heavy atom. The van der Waals surface area contributed by atoms with Crippen LogP contribution in [0.15, 0.2) is 29.2 Å². The van der Waals surface area contributed by atoms with E-state index in [4.69, 9.17) is 4.74 Å². The normalized spacial score (nSPS) is 21.9. The molecule has 1 aromatic rings. The van der Waals surface area contributed by atoms with Gasteiger partial charge >= 0.3 is 0 Å². The molecule has 1 aromatic carbocycles. The first-order valence-corrected chi connectivity index (χ1v) is 12.0. The summed E-state index contributed by atoms with van der Waals surface area (Å²) < 4.78 is 32.5. The van der Waals surface area contributed by atoms with Gasteiger partial charge in [0, 0.05) is 32.2 Å². The van der Waals surface area contributed by atoms with E-state index in [0.29, 0.717) is 19.4 Å². The Hall–Kier alpha value is -1.97. The molecule has 0 bridgehead atoms. The van der Waals surface area contributed by atoms with E-state index >= 15 is 0 Å². The van der Waals surface area contributed by atoms with Gasteiger partial charge in [0.25, 0.3) is 0 Å². The molecule has 2 saturated heterocycles. The smallest absolute Gasteiger partial charge is 0.243 e. The van der Waals surface area contributed by atoms with Gasteiger partial charge in [-0.1, -0.05) is 17.7 Å². The Balaban J connectivity index is 1.46. The number of piperidine rings is 1. The predicted octanol–water partition coefficient (Wildman–Crippen LogP) is 1.20. The van der Waals surface area contributed by atoms with Gasteiger partial charge < -0.3 is 15.4 Å². The highest BCUT2D eigenvalue weighted by Gasteiger charge is 2.33. The SMILES string of the molecule is Cc1ccc(S(=O)(=O)N2CCC(C(=O)N[C@H](C)C(=O)NC[C@@H]3CCCO3)CC2)cc1. The van der Waals surface area contributed by atoms with Crippen molar-refractivity contribution in [1.82, 2.24) is 14.9 Å². The van der Waals surface area contributed by atoms with Crippen molar-refractivity contribution in [3.8, 4) is 0 Å². The van der Waals surface area contributed by atoms with Gasteiger partial charge in [-0.2, -0.15) is 4.31 Å². The number of benzene rings is 1. The summed E-state index contributed by atoms with van der Waals surface area (Å²) >= 11 is 0. The molecule has 2 N–H and O–H groups in total. The number of hydrogen-bond acceptors (Lipinski definition) is 5. The second kappa shape index (κ2) is 9.89. The number of amides is 2. The van der Waals surface area contributed by atoms with E-state index in [1.54, 1.807) is 31.2 Å². The molecule has 0 radical (unpaired) electrons. The average Bonchev–Trinajstić information content (AvgIpc) is 3.26. The molecule has 9 heteroatoms. The van der Waals surface area contributed by atoms with Crippen LogP contribution in [0.4, 0.5) is 0 Å². The minimum Gasteiger partial charge on any atom is -0.376 e. The first kappa shape index (κ1) is 22.7. The van der Waals surface area contributed by atoms with Crippen molar-refractivity contribution < 1.29 is 22.7 Å². The Kier molecular flexibility index (Phi) is 7.49. The molecular formula is C21H31N3O5S. The van der Waals surface area contributed by atoms with Crippen LogP contribution in [0, 0.1) is 12.8 Å². The lowest BCUT2D eigenvalue weighted by Gasteiger charge is -2.31. The van der Waals surface area contributed by atoms with Gasteiger partial charge in [-0.15, -0.1) is 0 Å². The Bertz CT molecular complexity index is 842. The Labute approximate surface area is 178 Å². The molecule has 2 aliphatic heterocycles. The van der Waals surface area contributed by atoms with Crippen LogP contribution in [0.25, 0.3) is 0 Å². The van der Waals surface area contributed by atoms with Crippen molar-refractivity contribution >= 4 is 21.8 Å². The Morgan fingerprint density at radius 2 is 1.83 bits per heavy atom. The van der Waals surface area contributed by atoms with Crippen molar-refractivity contribution in [1.29, 1.82) is 0 Å². The van der Waals surface area contributed by atoms with E-state index in [2.05, 4.69) is 10.6 Å². The van der Waals surface area contributed by atoms with Crippen molar-refractivity contribution in [3.05, 3.63) is 29.8 Å². The summed E-state index contributed by atoms with van der Waals surface area (Å²) in [5, 5.41) is 5.57. The van der Waals surface area contributed by atoms with Crippen molar-refractivity contribution in [2.75, 3.05) is 26.2 Å². The summed E-state index contributed by atoms with van der Waals surface area (Å²) in [4.78, 5) is 25.0. The lowest BCUT2D eigenvalue weighted by molar-refractivity contribution is -0.131. The van der Waals surface area contributed by atoms with E-state index in [9.17, 15) is 18.0 Å². The van der Waals surface area contributed by atoms with Gasteiger partial charge in [-0.05, 0) is 51.7 Å². The fraction of sp³-hybridized carbons (Fsp3) is 0.619. The molecule has 2 fully saturated rings. The number of ether oxygens (including phenoxy) is 1. The fourth-order valence-corrected chi connectivity index (χ4v) is 5.26. The summed E-state index contributed by atoms with van der Waals surface area (Å²) in [6.07, 6.45) is 2.86. The highest BCUT2D eigenvalue weighted by Crippen LogP contribution is 2.24. The predicted molar refractivity (Wildman–Crippen MR) is 112 cm³/mol. The summed E-state index contributed by atoms with van der Waals surface area (Å²) in [6, 6.07) is 6.13. The third-order valence-corrected chi connectivity index (χ3v) is 7.68. The van der Waals surface area contributed by atoms with Gasteiger partial charge in [-0.3, -0.25) is 9.59 Å². The molecule has 0 unspecified atom stereocenters. The van der Waals surface area contributed by atoms with Crippen molar-refractivity contribution in [2.24, 2.45) is 5.92 Å². The largest absolute Gasteiger partial charge is 0.376 e. The van der Waals surface area contributed by atoms with E-state index < -0.39 is 16.1 Å². The monoisotopic (exact) mass is 437 g/mol. The quantitative estimate of drug-likeness (QED) is 0.667. The molecule has 2 amide bonds. The molecule has 0 saturated carbocycles. The number of nitrogens with zero attached hydrogens (tertiary/aromatic N) is 1. The lowest BCUT2D eigenvalue weighted by Crippen LogP contribution is -2.50. The first-order valence-electron chi connectivity index (χ1n) is 10.5. The number of nitrogens with one attached hydrogen (secondary N) is 2. The van der Waals surface area contributed by atoms with Crippen LogP contribution in [-0.2, 0) is 24.3 Å². The first-order chi connectivity index (χ1) is 14.3. The minimum atomic E-state index is -3.55. The number of carbonyl (C=O) groups excluding carboxylic acids is 2. The van der Waals surface area contributed by atoms with Gasteiger partial charge in [0.15, 0.2) is 0 Å². The van der Waals surface area contributed by atoms with Crippen molar-refractivity contribution in [2.45, 2.75) is 56.6 Å². The molecule has 0 aliphatic carbocycles. The standard InChI is InChI=1S/C21H31N3O5S/c1-15-5-7-19(8-6-15)30(27,28)24-11-9-17(10-12-24)21(26)23-16(2)20(25)22-14-18-4-3-13-29-18/h5-8,16-18H,3-4,9-14H2,1-2H3,(H,22,25)(H,23,26)/t16-,18+/m1/s1. The lowest BCUT2D eigenvalue weighted by atomic mass is 9.97. The minimum absolute atomic E-state index is 0.0525. The van der Waals surface area contributed by atoms with Crippen LogP contribution in [-0.4, -0.2) is 62.9 Å². The van der Waals surface area contributed by atoms with Crippen molar-refractivity contribution in [3.63, 3.8) is 0 Å². The molecule has 2 heterocycles. The summed E-state index contributed by atoms with van der Waals surface area (Å²) in [7, 11) is -3.55. The van der Waals surface area contributed by atoms with Crippen LogP contribution in [0.3, 0.4) is 0 Å². The third kappa shape index (κ3) is 5.59. The zero-order valence-corrected chi connectivity index (χ0v) is 18.4. The van der Waals surface area contributed by atoms with E-state index in [0.717, 1.165) is 25.0 Å². The van der Waals surface area contributed by atoms with Gasteiger partial charge in [-0.25, -0.2) is 8.42 Å². The molecule has 30 heavy (non-hydrogen) atoms. The molecule has 166 valence electrons. The van der Waals surface area contributed by atoms with Gasteiger partial charge in [0.05, 0.1) is 11.0 Å². The van der Waals surface area contributed by atoms with Crippen LogP contribution < -0.4 is 10.6 Å². The molecule has 3 rings (SSSR count). The maximum atomic E-state index is 12.8.